The van der Waals surface area contributed by atoms with Gasteiger partial charge in [0.1, 0.15) is 11.5 Å². The summed E-state index contributed by atoms with van der Waals surface area (Å²) in [6.45, 7) is 3.69. The fourth-order valence-electron chi connectivity index (χ4n) is 3.42. The predicted molar refractivity (Wildman–Crippen MR) is 103 cm³/mol. The summed E-state index contributed by atoms with van der Waals surface area (Å²) in [5, 5.41) is 9.75. The van der Waals surface area contributed by atoms with Gasteiger partial charge in [0.05, 0.1) is 5.69 Å². The Hall–Kier alpha value is -3.22. The molecule has 0 bridgehead atoms. The molecule has 2 amide bonds. The van der Waals surface area contributed by atoms with Crippen molar-refractivity contribution in [1.82, 2.24) is 15.1 Å². The predicted octanol–water partition coefficient (Wildman–Crippen LogP) is 4.44. The van der Waals surface area contributed by atoms with E-state index >= 15 is 0 Å². The average molecular weight is 382 g/mol. The van der Waals surface area contributed by atoms with Crippen LogP contribution >= 0.6 is 0 Å². The molecule has 2 N–H and O–H groups in total. The van der Waals surface area contributed by atoms with Crippen LogP contribution in [0.1, 0.15) is 29.3 Å². The Labute approximate surface area is 161 Å². The minimum atomic E-state index is -0.479. The molecule has 7 heteroatoms. The van der Waals surface area contributed by atoms with Crippen LogP contribution in [0.3, 0.4) is 0 Å². The lowest BCUT2D eigenvalue weighted by Crippen LogP contribution is -2.31. The van der Waals surface area contributed by atoms with E-state index < -0.39 is 11.8 Å². The zero-order valence-electron chi connectivity index (χ0n) is 15.5. The van der Waals surface area contributed by atoms with Gasteiger partial charge in [0.25, 0.3) is 0 Å². The second-order valence-electron chi connectivity index (χ2n) is 7.11. The van der Waals surface area contributed by atoms with Crippen LogP contribution < -0.4 is 10.6 Å². The van der Waals surface area contributed by atoms with Gasteiger partial charge in [-0.15, -0.1) is 0 Å². The zero-order valence-corrected chi connectivity index (χ0v) is 15.5. The van der Waals surface area contributed by atoms with Crippen LogP contribution in [0.4, 0.5) is 19.3 Å². The van der Waals surface area contributed by atoms with Crippen molar-refractivity contribution < 1.29 is 13.6 Å². The van der Waals surface area contributed by atoms with Crippen LogP contribution in [0.5, 0.6) is 0 Å². The van der Waals surface area contributed by atoms with Crippen molar-refractivity contribution >= 4 is 11.7 Å². The molecule has 1 aromatic heterocycles. The molecular weight excluding hydrogens is 362 g/mol. The maximum Gasteiger partial charge on any atom is 0.319 e. The number of urea groups is 1. The summed E-state index contributed by atoms with van der Waals surface area (Å²) < 4.78 is 29.3. The van der Waals surface area contributed by atoms with Gasteiger partial charge in [0.15, 0.2) is 5.82 Å². The lowest BCUT2D eigenvalue weighted by molar-refractivity contribution is 0.251. The number of hydrogen-bond donors (Lipinski definition) is 2. The smallest absolute Gasteiger partial charge is 0.319 e. The Bertz CT molecular complexity index is 1050. The van der Waals surface area contributed by atoms with E-state index in [0.717, 1.165) is 23.4 Å². The monoisotopic (exact) mass is 382 g/mol. The zero-order chi connectivity index (χ0) is 19.8. The Balaban J connectivity index is 1.39. The first kappa shape index (κ1) is 18.2. The molecule has 1 aliphatic carbocycles. The quantitative estimate of drug-likeness (QED) is 0.701. The lowest BCUT2D eigenvalue weighted by atomic mass is 10.1. The van der Waals surface area contributed by atoms with Gasteiger partial charge in [0, 0.05) is 23.3 Å². The summed E-state index contributed by atoms with van der Waals surface area (Å²) in [5.74, 6) is -0.662. The molecule has 2 aromatic carbocycles. The molecule has 1 fully saturated rings. The van der Waals surface area contributed by atoms with Gasteiger partial charge in [-0.1, -0.05) is 12.1 Å². The Morgan fingerprint density at radius 1 is 1.14 bits per heavy atom. The van der Waals surface area contributed by atoms with Crippen LogP contribution in [-0.4, -0.2) is 21.9 Å². The minimum Gasteiger partial charge on any atom is -0.334 e. The van der Waals surface area contributed by atoms with E-state index in [4.69, 9.17) is 0 Å². The van der Waals surface area contributed by atoms with Gasteiger partial charge in [-0.2, -0.15) is 5.10 Å². The molecule has 1 saturated carbocycles. The third-order valence-corrected chi connectivity index (χ3v) is 4.83. The van der Waals surface area contributed by atoms with E-state index in [9.17, 15) is 13.6 Å². The SMILES string of the molecule is Cc1cc(C)n(-c2ccc(NC(=O)N[C@@H]3C[C@H]3c3cccc(F)c3)cc2F)n1. The summed E-state index contributed by atoms with van der Waals surface area (Å²) in [5.41, 5.74) is 3.17. The number of halogens is 2. The molecular formula is C21H20F2N4O. The first-order valence-electron chi connectivity index (χ1n) is 9.07. The topological polar surface area (TPSA) is 59.0 Å². The molecule has 0 radical (unpaired) electrons. The highest BCUT2D eigenvalue weighted by Gasteiger charge is 2.39. The number of carbonyl (C=O) groups excluding carboxylic acids is 1. The van der Waals surface area contributed by atoms with E-state index in [-0.39, 0.29) is 17.8 Å². The lowest BCUT2D eigenvalue weighted by Gasteiger charge is -2.10. The molecule has 0 unspecified atom stereocenters. The van der Waals surface area contributed by atoms with E-state index in [0.29, 0.717) is 11.4 Å². The highest BCUT2D eigenvalue weighted by atomic mass is 19.1. The van der Waals surface area contributed by atoms with Crippen molar-refractivity contribution in [3.05, 3.63) is 77.1 Å². The normalized spacial score (nSPS) is 18.0. The van der Waals surface area contributed by atoms with E-state index in [2.05, 4.69) is 15.7 Å². The second kappa shape index (κ2) is 7.07. The molecule has 5 nitrogen and oxygen atoms in total. The van der Waals surface area contributed by atoms with E-state index in [1.54, 1.807) is 18.2 Å². The van der Waals surface area contributed by atoms with Crippen LogP contribution in [0.25, 0.3) is 5.69 Å². The molecule has 144 valence electrons. The summed E-state index contributed by atoms with van der Waals surface area (Å²) >= 11 is 0. The van der Waals surface area contributed by atoms with E-state index in [1.807, 2.05) is 26.0 Å². The second-order valence-corrected chi connectivity index (χ2v) is 7.11. The Morgan fingerprint density at radius 2 is 1.96 bits per heavy atom. The number of amides is 2. The number of anilines is 1. The maximum atomic E-state index is 14.5. The summed E-state index contributed by atoms with van der Waals surface area (Å²) in [6.07, 6.45) is 0.752. The number of nitrogens with one attached hydrogen (secondary N) is 2. The van der Waals surface area contributed by atoms with Crippen molar-refractivity contribution in [3.8, 4) is 5.69 Å². The van der Waals surface area contributed by atoms with Crippen molar-refractivity contribution in [1.29, 1.82) is 0 Å². The van der Waals surface area contributed by atoms with Crippen molar-refractivity contribution in [3.63, 3.8) is 0 Å². The van der Waals surface area contributed by atoms with Crippen LogP contribution in [-0.2, 0) is 0 Å². The Morgan fingerprint density at radius 3 is 2.64 bits per heavy atom. The van der Waals surface area contributed by atoms with Crippen LogP contribution in [0.15, 0.2) is 48.5 Å². The number of carbonyl (C=O) groups is 1. The summed E-state index contributed by atoms with van der Waals surface area (Å²) in [6, 6.07) is 12.3. The third-order valence-electron chi connectivity index (χ3n) is 4.83. The molecule has 1 heterocycles. The van der Waals surface area contributed by atoms with Gasteiger partial charge in [-0.25, -0.2) is 18.3 Å². The third kappa shape index (κ3) is 3.74. The maximum absolute atomic E-state index is 14.5. The van der Waals surface area contributed by atoms with Crippen molar-refractivity contribution in [2.45, 2.75) is 32.2 Å². The van der Waals surface area contributed by atoms with Crippen molar-refractivity contribution in [2.24, 2.45) is 0 Å². The largest absolute Gasteiger partial charge is 0.334 e. The van der Waals surface area contributed by atoms with Gasteiger partial charge in [0.2, 0.25) is 0 Å². The average Bonchev–Trinajstić information content (AvgIpc) is 3.31. The molecule has 2 atom stereocenters. The first-order chi connectivity index (χ1) is 13.4. The number of nitrogens with zero attached hydrogens (tertiary/aromatic N) is 2. The van der Waals surface area contributed by atoms with Crippen molar-refractivity contribution in [2.75, 3.05) is 5.32 Å². The van der Waals surface area contributed by atoms with Crippen LogP contribution in [0, 0.1) is 25.5 Å². The number of aromatic nitrogens is 2. The van der Waals surface area contributed by atoms with Gasteiger partial charge in [-0.3, -0.25) is 0 Å². The number of hydrogen-bond acceptors (Lipinski definition) is 2. The summed E-state index contributed by atoms with van der Waals surface area (Å²) in [4.78, 5) is 12.2. The van der Waals surface area contributed by atoms with Gasteiger partial charge >= 0.3 is 6.03 Å². The van der Waals surface area contributed by atoms with Gasteiger partial charge < -0.3 is 10.6 Å². The minimum absolute atomic E-state index is 0.0550. The molecule has 0 aliphatic heterocycles. The fourth-order valence-corrected chi connectivity index (χ4v) is 3.42. The number of benzene rings is 2. The number of aryl methyl sites for hydroxylation is 2. The molecule has 28 heavy (non-hydrogen) atoms. The van der Waals surface area contributed by atoms with Gasteiger partial charge in [-0.05, 0) is 62.2 Å². The highest BCUT2D eigenvalue weighted by molar-refractivity contribution is 5.89. The molecule has 3 aromatic rings. The highest BCUT2D eigenvalue weighted by Crippen LogP contribution is 2.40. The Kier molecular flexibility index (Phi) is 4.58. The molecule has 4 rings (SSSR count). The number of rotatable bonds is 4. The molecule has 1 aliphatic rings. The van der Waals surface area contributed by atoms with Crippen LogP contribution in [0.2, 0.25) is 0 Å². The first-order valence-corrected chi connectivity index (χ1v) is 9.07. The fraction of sp³-hybridized carbons (Fsp3) is 0.238. The molecule has 0 saturated heterocycles. The molecule has 0 spiro atoms. The van der Waals surface area contributed by atoms with E-state index in [1.165, 1.54) is 22.9 Å². The summed E-state index contributed by atoms with van der Waals surface area (Å²) in [7, 11) is 0. The standard InChI is InChI=1S/C21H20F2N4O/c1-12-8-13(2)27(26-12)20-7-6-16(10-18(20)23)24-21(28)25-19-11-17(19)14-4-3-5-15(22)9-14/h3-10,17,19H,11H2,1-2H3,(H2,24,25,28)/t17-,19+/m0/s1.